The molecule has 2 aromatic rings. The van der Waals surface area contributed by atoms with Crippen LogP contribution in [0.2, 0.25) is 0 Å². The van der Waals surface area contributed by atoms with Gasteiger partial charge < -0.3 is 5.11 Å². The number of nitrogens with one attached hydrogen (secondary N) is 1. The van der Waals surface area contributed by atoms with Crippen molar-refractivity contribution in [2.45, 2.75) is 10.9 Å². The average molecular weight is 235 g/mol. The highest BCUT2D eigenvalue weighted by Gasteiger charge is 2.01. The van der Waals surface area contributed by atoms with Gasteiger partial charge in [-0.1, -0.05) is 17.8 Å². The van der Waals surface area contributed by atoms with Gasteiger partial charge in [0.25, 0.3) is 5.56 Å². The molecule has 2 N–H and O–H groups in total. The lowest BCUT2D eigenvalue weighted by molar-refractivity contribution is 0.460. The Hall–Kier alpha value is -1.82. The predicted octanol–water partition coefficient (Wildman–Crippen LogP) is 1.16. The van der Waals surface area contributed by atoms with Crippen molar-refractivity contribution < 1.29 is 5.11 Å². The predicted molar refractivity (Wildman–Crippen MR) is 60.3 cm³/mol. The van der Waals surface area contributed by atoms with Gasteiger partial charge in [0.05, 0.1) is 6.20 Å². The molecule has 0 unspecified atom stereocenters. The lowest BCUT2D eigenvalue weighted by Gasteiger charge is -2.00. The molecular formula is C10H9N3O2S. The highest BCUT2D eigenvalue weighted by atomic mass is 32.2. The zero-order valence-electron chi connectivity index (χ0n) is 8.25. The third-order valence-corrected chi connectivity index (χ3v) is 2.81. The molecule has 0 atom stereocenters. The quantitative estimate of drug-likeness (QED) is 0.616. The number of nitrogens with zero attached hydrogens (tertiary/aromatic N) is 2. The SMILES string of the molecule is O=c1[nH]c(SCc2cccnc2)ncc1O. The van der Waals surface area contributed by atoms with Crippen molar-refractivity contribution in [2.24, 2.45) is 0 Å². The van der Waals surface area contributed by atoms with E-state index in [1.165, 1.54) is 11.8 Å². The molecule has 0 aliphatic rings. The molecule has 0 spiro atoms. The van der Waals surface area contributed by atoms with Crippen LogP contribution in [0.15, 0.2) is 40.7 Å². The van der Waals surface area contributed by atoms with Crippen LogP contribution in [0.5, 0.6) is 5.75 Å². The monoisotopic (exact) mass is 235 g/mol. The number of hydrogen-bond donors (Lipinski definition) is 2. The van der Waals surface area contributed by atoms with Gasteiger partial charge in [0.1, 0.15) is 0 Å². The maximum absolute atomic E-state index is 11.1. The molecule has 0 aliphatic heterocycles. The maximum atomic E-state index is 11.1. The van der Waals surface area contributed by atoms with E-state index in [0.717, 1.165) is 11.8 Å². The molecule has 2 heterocycles. The van der Waals surface area contributed by atoms with Gasteiger partial charge in [-0.3, -0.25) is 14.8 Å². The highest BCUT2D eigenvalue weighted by Crippen LogP contribution is 2.17. The van der Waals surface area contributed by atoms with Crippen LogP contribution in [0.3, 0.4) is 0 Å². The molecule has 0 amide bonds. The van der Waals surface area contributed by atoms with Crippen LogP contribution in [0.4, 0.5) is 0 Å². The summed E-state index contributed by atoms with van der Waals surface area (Å²) in [6, 6.07) is 3.79. The number of aromatic nitrogens is 3. The first-order valence-electron chi connectivity index (χ1n) is 4.55. The van der Waals surface area contributed by atoms with E-state index in [9.17, 15) is 4.79 Å². The van der Waals surface area contributed by atoms with Crippen LogP contribution < -0.4 is 5.56 Å². The Labute approximate surface area is 95.6 Å². The van der Waals surface area contributed by atoms with E-state index in [1.54, 1.807) is 12.4 Å². The minimum absolute atomic E-state index is 0.370. The summed E-state index contributed by atoms with van der Waals surface area (Å²) in [6.07, 6.45) is 4.60. The summed E-state index contributed by atoms with van der Waals surface area (Å²) >= 11 is 1.38. The third kappa shape index (κ3) is 2.60. The van der Waals surface area contributed by atoms with E-state index < -0.39 is 5.56 Å². The zero-order valence-corrected chi connectivity index (χ0v) is 9.07. The Balaban J connectivity index is 2.05. The number of aromatic hydroxyl groups is 1. The van der Waals surface area contributed by atoms with Gasteiger partial charge in [-0.05, 0) is 11.6 Å². The number of thioether (sulfide) groups is 1. The smallest absolute Gasteiger partial charge is 0.293 e. The van der Waals surface area contributed by atoms with E-state index in [-0.39, 0.29) is 5.75 Å². The minimum Gasteiger partial charge on any atom is -0.502 e. The van der Waals surface area contributed by atoms with Gasteiger partial charge in [0.2, 0.25) is 0 Å². The van der Waals surface area contributed by atoms with Gasteiger partial charge in [-0.2, -0.15) is 0 Å². The Kier molecular flexibility index (Phi) is 3.21. The Morgan fingerprint density at radius 1 is 1.44 bits per heavy atom. The molecule has 0 aromatic carbocycles. The van der Waals surface area contributed by atoms with Crippen molar-refractivity contribution in [1.82, 2.24) is 15.0 Å². The largest absolute Gasteiger partial charge is 0.502 e. The van der Waals surface area contributed by atoms with Crippen molar-refractivity contribution >= 4 is 11.8 Å². The van der Waals surface area contributed by atoms with Crippen molar-refractivity contribution in [3.8, 4) is 5.75 Å². The van der Waals surface area contributed by atoms with Crippen LogP contribution >= 0.6 is 11.8 Å². The molecule has 0 aliphatic carbocycles. The van der Waals surface area contributed by atoms with Crippen molar-refractivity contribution in [3.63, 3.8) is 0 Å². The molecule has 0 bridgehead atoms. The van der Waals surface area contributed by atoms with E-state index in [0.29, 0.717) is 10.9 Å². The van der Waals surface area contributed by atoms with Gasteiger partial charge in [-0.25, -0.2) is 4.98 Å². The first-order chi connectivity index (χ1) is 7.75. The molecule has 0 saturated heterocycles. The molecule has 2 aromatic heterocycles. The average Bonchev–Trinajstić information content (AvgIpc) is 2.32. The van der Waals surface area contributed by atoms with Crippen LogP contribution in [0.25, 0.3) is 0 Å². The molecule has 2 rings (SSSR count). The molecule has 6 heteroatoms. The second-order valence-corrected chi connectivity index (χ2v) is 4.02. The standard InChI is InChI=1S/C10H9N3O2S/c14-8-5-12-10(13-9(8)15)16-6-7-2-1-3-11-4-7/h1-5,14H,6H2,(H,12,13,15). The number of hydrogen-bond acceptors (Lipinski definition) is 5. The summed E-state index contributed by atoms with van der Waals surface area (Å²) in [5, 5.41) is 9.48. The van der Waals surface area contributed by atoms with Gasteiger partial charge in [0, 0.05) is 18.1 Å². The summed E-state index contributed by atoms with van der Waals surface area (Å²) < 4.78 is 0. The van der Waals surface area contributed by atoms with Crippen molar-refractivity contribution in [3.05, 3.63) is 46.6 Å². The first kappa shape index (κ1) is 10.7. The lowest BCUT2D eigenvalue weighted by Crippen LogP contribution is -2.06. The van der Waals surface area contributed by atoms with E-state index in [1.807, 2.05) is 12.1 Å². The minimum atomic E-state index is -0.524. The molecule has 5 nitrogen and oxygen atoms in total. The van der Waals surface area contributed by atoms with Crippen LogP contribution in [-0.4, -0.2) is 20.1 Å². The molecule has 16 heavy (non-hydrogen) atoms. The van der Waals surface area contributed by atoms with E-state index in [2.05, 4.69) is 15.0 Å². The number of pyridine rings is 1. The highest BCUT2D eigenvalue weighted by molar-refractivity contribution is 7.98. The van der Waals surface area contributed by atoms with Gasteiger partial charge in [0.15, 0.2) is 10.9 Å². The Morgan fingerprint density at radius 3 is 3.00 bits per heavy atom. The molecule has 82 valence electrons. The second kappa shape index (κ2) is 4.80. The van der Waals surface area contributed by atoms with Gasteiger partial charge in [-0.15, -0.1) is 0 Å². The zero-order chi connectivity index (χ0) is 11.4. The van der Waals surface area contributed by atoms with Crippen LogP contribution in [-0.2, 0) is 5.75 Å². The number of rotatable bonds is 3. The molecule has 0 radical (unpaired) electrons. The Bertz CT molecular complexity index is 527. The van der Waals surface area contributed by atoms with E-state index >= 15 is 0 Å². The second-order valence-electron chi connectivity index (χ2n) is 3.05. The Morgan fingerprint density at radius 2 is 2.31 bits per heavy atom. The summed E-state index contributed by atoms with van der Waals surface area (Å²) in [6.45, 7) is 0. The topological polar surface area (TPSA) is 78.9 Å². The molecule has 0 saturated carbocycles. The summed E-state index contributed by atoms with van der Waals surface area (Å²) in [5.41, 5.74) is 0.520. The fourth-order valence-corrected chi connectivity index (χ4v) is 1.85. The first-order valence-corrected chi connectivity index (χ1v) is 5.54. The molecule has 0 fully saturated rings. The molecular weight excluding hydrogens is 226 g/mol. The van der Waals surface area contributed by atoms with Crippen molar-refractivity contribution in [1.29, 1.82) is 0 Å². The fraction of sp³-hybridized carbons (Fsp3) is 0.100. The summed E-state index contributed by atoms with van der Waals surface area (Å²) in [7, 11) is 0. The van der Waals surface area contributed by atoms with Crippen LogP contribution in [0, 0.1) is 0 Å². The maximum Gasteiger partial charge on any atom is 0.293 e. The normalized spacial score (nSPS) is 10.2. The fourth-order valence-electron chi connectivity index (χ4n) is 1.08. The van der Waals surface area contributed by atoms with Crippen molar-refractivity contribution in [2.75, 3.05) is 0 Å². The third-order valence-electron chi connectivity index (χ3n) is 1.86. The van der Waals surface area contributed by atoms with E-state index in [4.69, 9.17) is 5.11 Å². The number of aromatic amines is 1. The summed E-state index contributed by atoms with van der Waals surface area (Å²) in [5.74, 6) is 0.299. The lowest BCUT2D eigenvalue weighted by atomic mass is 10.3. The number of H-pyrrole nitrogens is 1. The summed E-state index contributed by atoms with van der Waals surface area (Å²) in [4.78, 5) is 21.4. The van der Waals surface area contributed by atoms with Crippen LogP contribution in [0.1, 0.15) is 5.56 Å². The van der Waals surface area contributed by atoms with Gasteiger partial charge >= 0.3 is 0 Å².